The molecule has 3 saturated carbocycles. The van der Waals surface area contributed by atoms with Gasteiger partial charge >= 0.3 is 0 Å². The van der Waals surface area contributed by atoms with Gasteiger partial charge in [-0.3, -0.25) is 4.79 Å². The fraction of sp³-hybridized carbons (Fsp3) is 0.889. The summed E-state index contributed by atoms with van der Waals surface area (Å²) >= 11 is 0. The normalized spacial score (nSPS) is 47.3. The Morgan fingerprint density at radius 1 is 1.12 bits per heavy atom. The maximum atomic E-state index is 13.2. The van der Waals surface area contributed by atoms with Gasteiger partial charge in [0.15, 0.2) is 5.78 Å². The van der Waals surface area contributed by atoms with Gasteiger partial charge < -0.3 is 25.5 Å². The Balaban J connectivity index is 1.62. The van der Waals surface area contributed by atoms with Gasteiger partial charge in [0.05, 0.1) is 29.5 Å². The van der Waals surface area contributed by atoms with Crippen LogP contribution in [0.25, 0.3) is 0 Å². The van der Waals surface area contributed by atoms with Crippen LogP contribution in [0.1, 0.15) is 86.0 Å². The number of fused-ring (bicyclic) bond motifs is 5. The molecule has 0 spiro atoms. The highest BCUT2D eigenvalue weighted by Gasteiger charge is 2.67. The average molecular weight is 465 g/mol. The maximum Gasteiger partial charge on any atom is 0.159 e. The van der Waals surface area contributed by atoms with E-state index in [4.69, 9.17) is 0 Å². The third-order valence-electron chi connectivity index (χ3n) is 10.5. The van der Waals surface area contributed by atoms with Gasteiger partial charge in [0.25, 0.3) is 0 Å². The molecule has 0 aromatic carbocycles. The summed E-state index contributed by atoms with van der Waals surface area (Å²) in [6.07, 6.45) is 4.06. The second-order valence-electron chi connectivity index (χ2n) is 12.9. The fourth-order valence-corrected chi connectivity index (χ4v) is 8.29. The van der Waals surface area contributed by atoms with Crippen molar-refractivity contribution in [3.8, 4) is 0 Å². The summed E-state index contributed by atoms with van der Waals surface area (Å²) in [4.78, 5) is 13.2. The Morgan fingerprint density at radius 3 is 2.42 bits per heavy atom. The minimum Gasteiger partial charge on any atom is -0.393 e. The van der Waals surface area contributed by atoms with E-state index in [1.54, 1.807) is 19.9 Å². The van der Waals surface area contributed by atoms with E-state index < -0.39 is 40.3 Å². The number of carbonyl (C=O) groups is 1. The molecule has 3 fully saturated rings. The molecule has 0 aromatic heterocycles. The largest absolute Gasteiger partial charge is 0.393 e. The summed E-state index contributed by atoms with van der Waals surface area (Å²) in [5.41, 5.74) is -2.01. The SMILES string of the molecule is C[C@H]([C@H](O)CCC(C)(C)O)[C@H]1CC[C@]2(O)C3=CC(=O)[C@@H]4CC(O)[C@@H](O)C[C@@]4(C)[C@@H]3CC[C@]12C. The van der Waals surface area contributed by atoms with E-state index in [0.29, 0.717) is 25.7 Å². The van der Waals surface area contributed by atoms with Crippen molar-refractivity contribution < 1.29 is 30.3 Å². The Labute approximate surface area is 198 Å². The molecule has 5 N–H and O–H groups in total. The monoisotopic (exact) mass is 464 g/mol. The van der Waals surface area contributed by atoms with Crippen molar-refractivity contribution in [1.29, 1.82) is 0 Å². The van der Waals surface area contributed by atoms with Gasteiger partial charge in [-0.2, -0.15) is 0 Å². The molecule has 4 rings (SSSR count). The molecule has 0 saturated heterocycles. The first kappa shape index (κ1) is 25.3. The highest BCUT2D eigenvalue weighted by atomic mass is 16.3. The molecule has 0 radical (unpaired) electrons. The summed E-state index contributed by atoms with van der Waals surface area (Å²) < 4.78 is 0. The summed E-state index contributed by atoms with van der Waals surface area (Å²) in [6.45, 7) is 9.74. The van der Waals surface area contributed by atoms with Crippen LogP contribution in [0, 0.1) is 34.5 Å². The maximum absolute atomic E-state index is 13.2. The van der Waals surface area contributed by atoms with Crippen molar-refractivity contribution in [3.63, 3.8) is 0 Å². The zero-order valence-corrected chi connectivity index (χ0v) is 20.9. The number of rotatable bonds is 5. The number of aliphatic hydroxyl groups excluding tert-OH is 3. The van der Waals surface area contributed by atoms with Crippen LogP contribution in [0.5, 0.6) is 0 Å². The molecule has 33 heavy (non-hydrogen) atoms. The molecule has 188 valence electrons. The fourth-order valence-electron chi connectivity index (χ4n) is 8.29. The molecule has 0 heterocycles. The molecule has 0 amide bonds. The van der Waals surface area contributed by atoms with Crippen LogP contribution in [0.3, 0.4) is 0 Å². The average Bonchev–Trinajstić information content (AvgIpc) is 2.99. The highest BCUT2D eigenvalue weighted by Crippen LogP contribution is 2.68. The minimum absolute atomic E-state index is 0.00888. The van der Waals surface area contributed by atoms with Crippen LogP contribution in [-0.4, -0.2) is 60.8 Å². The third kappa shape index (κ3) is 3.85. The van der Waals surface area contributed by atoms with Gasteiger partial charge in [-0.05, 0) is 100 Å². The second kappa shape index (κ2) is 8.12. The summed E-state index contributed by atoms with van der Waals surface area (Å²) in [5, 5.41) is 53.9. The Morgan fingerprint density at radius 2 is 1.79 bits per heavy atom. The lowest BCUT2D eigenvalue weighted by atomic mass is 9.46. The van der Waals surface area contributed by atoms with Crippen molar-refractivity contribution in [2.24, 2.45) is 34.5 Å². The molecule has 6 nitrogen and oxygen atoms in total. The van der Waals surface area contributed by atoms with Gasteiger partial charge in [0.1, 0.15) is 0 Å². The topological polar surface area (TPSA) is 118 Å². The Kier molecular flexibility index (Phi) is 6.23. The lowest BCUT2D eigenvalue weighted by molar-refractivity contribution is -0.154. The highest BCUT2D eigenvalue weighted by molar-refractivity contribution is 5.95. The number of ketones is 1. The van der Waals surface area contributed by atoms with E-state index in [2.05, 4.69) is 20.8 Å². The van der Waals surface area contributed by atoms with E-state index in [9.17, 15) is 30.3 Å². The van der Waals surface area contributed by atoms with Gasteiger partial charge in [0, 0.05) is 11.3 Å². The quantitative estimate of drug-likeness (QED) is 0.427. The molecule has 10 atom stereocenters. The van der Waals surface area contributed by atoms with Crippen LogP contribution < -0.4 is 0 Å². The summed E-state index contributed by atoms with van der Waals surface area (Å²) in [6, 6.07) is 0. The first-order chi connectivity index (χ1) is 15.1. The van der Waals surface area contributed by atoms with Crippen molar-refractivity contribution >= 4 is 5.78 Å². The van der Waals surface area contributed by atoms with E-state index in [1.165, 1.54) is 0 Å². The van der Waals surface area contributed by atoms with Gasteiger partial charge in [0.2, 0.25) is 0 Å². The van der Waals surface area contributed by atoms with E-state index in [-0.39, 0.29) is 35.9 Å². The van der Waals surface area contributed by atoms with E-state index in [0.717, 1.165) is 24.8 Å². The second-order valence-corrected chi connectivity index (χ2v) is 12.9. The van der Waals surface area contributed by atoms with Crippen LogP contribution in [0.2, 0.25) is 0 Å². The first-order valence-electron chi connectivity index (χ1n) is 12.9. The van der Waals surface area contributed by atoms with Crippen LogP contribution >= 0.6 is 0 Å². The number of carbonyl (C=O) groups excluding carboxylic acids is 1. The third-order valence-corrected chi connectivity index (χ3v) is 10.5. The standard InChI is InChI=1S/C27H44O6/c1-15(20(28)8-9-24(2,3)32)16-7-11-27(33)18-12-21(29)19-13-22(30)23(31)14-25(19,4)17(18)6-10-26(16,27)5/h12,15-17,19-20,22-23,28,30-33H,6-11,13-14H2,1-5H3/t15-,16+,17+,19-,20+,22?,23-,25-,26+,27-/m0/s1. The van der Waals surface area contributed by atoms with E-state index >= 15 is 0 Å². The Bertz CT molecular complexity index is 816. The number of hydrogen-bond acceptors (Lipinski definition) is 6. The molecule has 1 unspecified atom stereocenters. The zero-order valence-electron chi connectivity index (χ0n) is 20.9. The predicted octanol–water partition coefficient (Wildman–Crippen LogP) is 2.74. The molecule has 4 aliphatic carbocycles. The molecular weight excluding hydrogens is 420 g/mol. The molecule has 0 bridgehead atoms. The minimum atomic E-state index is -1.10. The van der Waals surface area contributed by atoms with Crippen molar-refractivity contribution in [1.82, 2.24) is 0 Å². The first-order valence-corrected chi connectivity index (χ1v) is 12.9. The lowest BCUT2D eigenvalue weighted by Gasteiger charge is -2.60. The van der Waals surface area contributed by atoms with Gasteiger partial charge in [-0.25, -0.2) is 0 Å². The molecule has 6 heteroatoms. The molecule has 0 aliphatic heterocycles. The lowest BCUT2D eigenvalue weighted by Crippen LogP contribution is -2.61. The van der Waals surface area contributed by atoms with Gasteiger partial charge in [-0.15, -0.1) is 0 Å². The summed E-state index contributed by atoms with van der Waals surface area (Å²) in [5.74, 6) is -0.264. The molecule has 4 aliphatic rings. The van der Waals surface area contributed by atoms with Crippen molar-refractivity contribution in [3.05, 3.63) is 11.6 Å². The predicted molar refractivity (Wildman–Crippen MR) is 125 cm³/mol. The number of aliphatic hydroxyl groups is 5. The number of allylic oxidation sites excluding steroid dienone is 1. The Hall–Kier alpha value is -0.790. The van der Waals surface area contributed by atoms with Crippen LogP contribution in [0.4, 0.5) is 0 Å². The van der Waals surface area contributed by atoms with Crippen LogP contribution in [-0.2, 0) is 4.79 Å². The summed E-state index contributed by atoms with van der Waals surface area (Å²) in [7, 11) is 0. The molecule has 0 aromatic rings. The van der Waals surface area contributed by atoms with E-state index in [1.807, 2.05) is 0 Å². The van der Waals surface area contributed by atoms with Crippen molar-refractivity contribution in [2.45, 2.75) is 115 Å². The van der Waals surface area contributed by atoms with Crippen LogP contribution in [0.15, 0.2) is 11.6 Å². The smallest absolute Gasteiger partial charge is 0.159 e. The number of hydrogen-bond donors (Lipinski definition) is 5. The van der Waals surface area contributed by atoms with Gasteiger partial charge in [-0.1, -0.05) is 20.8 Å². The van der Waals surface area contributed by atoms with Crippen molar-refractivity contribution in [2.75, 3.05) is 0 Å². The molecular formula is C27H44O6. The zero-order chi connectivity index (χ0) is 24.6.